The van der Waals surface area contributed by atoms with Crippen LogP contribution in [0.25, 0.3) is 0 Å². The number of halogens is 1. The normalized spacial score (nSPS) is 10.2. The zero-order chi connectivity index (χ0) is 21.7. The number of methoxy groups -OCH3 is 2. The fraction of sp³-hybridized carbons (Fsp3) is 0.105. The number of urea groups is 1. The maximum Gasteiger partial charge on any atom is 0.355 e. The minimum absolute atomic E-state index is 0.0346. The molecule has 0 fully saturated rings. The van der Waals surface area contributed by atoms with Crippen molar-refractivity contribution in [2.24, 2.45) is 0 Å². The number of nitrogens with zero attached hydrogens (tertiary/aromatic N) is 1. The molecule has 1 aromatic heterocycles. The molecule has 30 heavy (non-hydrogen) atoms. The number of benzene rings is 2. The van der Waals surface area contributed by atoms with Crippen LogP contribution in [0.4, 0.5) is 20.0 Å². The van der Waals surface area contributed by atoms with Gasteiger partial charge in [0.1, 0.15) is 5.82 Å². The molecule has 2 aromatic carbocycles. The minimum Gasteiger partial charge on any atom is -0.493 e. The summed E-state index contributed by atoms with van der Waals surface area (Å²) in [6.07, 6.45) is 0. The summed E-state index contributed by atoms with van der Waals surface area (Å²) < 4.78 is 30.1. The van der Waals surface area contributed by atoms with Gasteiger partial charge < -0.3 is 24.6 Å². The molecule has 3 N–H and O–H groups in total. The Hall–Kier alpha value is -3.86. The SMILES string of the molecule is COc1cccc(Oc2ccc(F)cc2NC(=O)Nc2nc(C(=O)O)cs2)c1OC. The van der Waals surface area contributed by atoms with E-state index >= 15 is 0 Å². The van der Waals surface area contributed by atoms with Gasteiger partial charge in [-0.2, -0.15) is 0 Å². The molecule has 0 unspecified atom stereocenters. The first-order valence-corrected chi connectivity index (χ1v) is 9.24. The molecule has 3 aromatic rings. The molecule has 0 spiro atoms. The summed E-state index contributed by atoms with van der Waals surface area (Å²) in [4.78, 5) is 26.9. The van der Waals surface area contributed by atoms with Crippen LogP contribution in [0.15, 0.2) is 41.8 Å². The van der Waals surface area contributed by atoms with Crippen molar-refractivity contribution in [3.05, 3.63) is 53.3 Å². The van der Waals surface area contributed by atoms with Gasteiger partial charge in [-0.1, -0.05) is 6.07 Å². The number of hydrogen-bond donors (Lipinski definition) is 3. The second kappa shape index (κ2) is 9.09. The van der Waals surface area contributed by atoms with Gasteiger partial charge in [0.05, 0.1) is 19.9 Å². The van der Waals surface area contributed by atoms with Crippen molar-refractivity contribution in [1.29, 1.82) is 0 Å². The standard InChI is InChI=1S/C19H16FN3O6S/c1-27-14-4-3-5-15(16(14)28-2)29-13-7-6-10(20)8-11(13)21-18(26)23-19-22-12(9-30-19)17(24)25/h3-9H,1-2H3,(H,24,25)(H2,21,22,23,26). The van der Waals surface area contributed by atoms with E-state index in [1.807, 2.05) is 0 Å². The number of carbonyl (C=O) groups is 2. The highest BCUT2D eigenvalue weighted by Gasteiger charge is 2.16. The Morgan fingerprint density at radius 3 is 2.50 bits per heavy atom. The maximum atomic E-state index is 13.8. The highest BCUT2D eigenvalue weighted by Crippen LogP contribution is 2.41. The first-order chi connectivity index (χ1) is 14.4. The Kier molecular flexibility index (Phi) is 6.32. The van der Waals surface area contributed by atoms with Gasteiger partial charge in [-0.15, -0.1) is 11.3 Å². The van der Waals surface area contributed by atoms with E-state index in [-0.39, 0.29) is 28.0 Å². The third-order valence-corrected chi connectivity index (χ3v) is 4.48. The third kappa shape index (κ3) is 4.75. The number of aromatic nitrogens is 1. The van der Waals surface area contributed by atoms with Crippen LogP contribution < -0.4 is 24.8 Å². The van der Waals surface area contributed by atoms with Crippen LogP contribution in [0.2, 0.25) is 0 Å². The summed E-state index contributed by atoms with van der Waals surface area (Å²) in [5.74, 6) is -0.627. The number of aromatic carboxylic acids is 1. The number of carboxylic acid groups (broad SMARTS) is 1. The van der Waals surface area contributed by atoms with E-state index in [0.29, 0.717) is 11.5 Å². The number of ether oxygens (including phenoxy) is 3. The lowest BCUT2D eigenvalue weighted by atomic mass is 10.2. The third-order valence-electron chi connectivity index (χ3n) is 3.72. The van der Waals surface area contributed by atoms with Gasteiger partial charge in [0, 0.05) is 11.4 Å². The molecular weight excluding hydrogens is 417 g/mol. The molecule has 0 aliphatic rings. The Morgan fingerprint density at radius 1 is 1.07 bits per heavy atom. The molecule has 2 amide bonds. The predicted molar refractivity (Wildman–Crippen MR) is 108 cm³/mol. The average molecular weight is 433 g/mol. The van der Waals surface area contributed by atoms with Crippen LogP contribution in [0.1, 0.15) is 10.5 Å². The van der Waals surface area contributed by atoms with E-state index < -0.39 is 17.8 Å². The maximum absolute atomic E-state index is 13.8. The zero-order valence-electron chi connectivity index (χ0n) is 15.8. The summed E-state index contributed by atoms with van der Waals surface area (Å²) in [5, 5.41) is 15.1. The molecule has 0 aliphatic heterocycles. The highest BCUT2D eigenvalue weighted by molar-refractivity contribution is 7.14. The molecule has 0 aliphatic carbocycles. The monoisotopic (exact) mass is 433 g/mol. The van der Waals surface area contributed by atoms with Crippen molar-refractivity contribution in [2.45, 2.75) is 0 Å². The van der Waals surface area contributed by atoms with Gasteiger partial charge in [-0.05, 0) is 24.3 Å². The number of anilines is 2. The number of para-hydroxylation sites is 1. The van der Waals surface area contributed by atoms with Crippen molar-refractivity contribution < 1.29 is 33.3 Å². The molecule has 0 saturated heterocycles. The number of thiazole rings is 1. The topological polar surface area (TPSA) is 119 Å². The average Bonchev–Trinajstić information content (AvgIpc) is 3.18. The van der Waals surface area contributed by atoms with E-state index in [1.54, 1.807) is 18.2 Å². The van der Waals surface area contributed by atoms with E-state index in [2.05, 4.69) is 15.6 Å². The second-order valence-electron chi connectivity index (χ2n) is 5.66. The summed E-state index contributed by atoms with van der Waals surface area (Å²) in [7, 11) is 2.92. The van der Waals surface area contributed by atoms with Crippen LogP contribution >= 0.6 is 11.3 Å². The van der Waals surface area contributed by atoms with Gasteiger partial charge in [-0.25, -0.2) is 19.0 Å². The zero-order valence-corrected chi connectivity index (χ0v) is 16.6. The van der Waals surface area contributed by atoms with Gasteiger partial charge in [0.15, 0.2) is 28.1 Å². The summed E-state index contributed by atoms with van der Waals surface area (Å²) in [6.45, 7) is 0. The molecule has 1 heterocycles. The van der Waals surface area contributed by atoms with Gasteiger partial charge in [-0.3, -0.25) is 5.32 Å². The van der Waals surface area contributed by atoms with E-state index in [0.717, 1.165) is 17.4 Å². The first-order valence-electron chi connectivity index (χ1n) is 8.36. The number of hydrogen-bond acceptors (Lipinski definition) is 7. The lowest BCUT2D eigenvalue weighted by Crippen LogP contribution is -2.20. The van der Waals surface area contributed by atoms with E-state index in [9.17, 15) is 14.0 Å². The molecular formula is C19H16FN3O6S. The fourth-order valence-corrected chi connectivity index (χ4v) is 3.10. The molecule has 0 radical (unpaired) electrons. The molecule has 3 rings (SSSR count). The number of nitrogens with one attached hydrogen (secondary N) is 2. The Labute approximate surface area is 174 Å². The lowest BCUT2D eigenvalue weighted by molar-refractivity contribution is 0.0691. The Balaban J connectivity index is 1.82. The minimum atomic E-state index is -1.22. The van der Waals surface area contributed by atoms with Crippen LogP contribution in [0.3, 0.4) is 0 Å². The van der Waals surface area contributed by atoms with E-state index in [4.69, 9.17) is 19.3 Å². The van der Waals surface area contributed by atoms with Crippen LogP contribution in [0, 0.1) is 5.82 Å². The first kappa shape index (κ1) is 20.9. The second-order valence-corrected chi connectivity index (χ2v) is 6.51. The molecule has 0 atom stereocenters. The Morgan fingerprint density at radius 2 is 1.83 bits per heavy atom. The van der Waals surface area contributed by atoms with Crippen molar-refractivity contribution in [2.75, 3.05) is 24.9 Å². The van der Waals surface area contributed by atoms with Crippen molar-refractivity contribution in [1.82, 2.24) is 4.98 Å². The van der Waals surface area contributed by atoms with Crippen LogP contribution in [-0.2, 0) is 0 Å². The summed E-state index contributed by atoms with van der Waals surface area (Å²) in [5.41, 5.74) is -0.164. The molecule has 9 nitrogen and oxygen atoms in total. The fourth-order valence-electron chi connectivity index (χ4n) is 2.43. The van der Waals surface area contributed by atoms with Gasteiger partial charge >= 0.3 is 12.0 Å². The van der Waals surface area contributed by atoms with Gasteiger partial charge in [0.2, 0.25) is 5.75 Å². The lowest BCUT2D eigenvalue weighted by Gasteiger charge is -2.16. The molecule has 0 bridgehead atoms. The summed E-state index contributed by atoms with van der Waals surface area (Å²) in [6, 6.07) is 7.82. The van der Waals surface area contributed by atoms with Crippen molar-refractivity contribution in [3.8, 4) is 23.0 Å². The van der Waals surface area contributed by atoms with Crippen molar-refractivity contribution >= 4 is 34.2 Å². The van der Waals surface area contributed by atoms with E-state index in [1.165, 1.54) is 31.7 Å². The molecule has 156 valence electrons. The quantitative estimate of drug-likeness (QED) is 0.504. The smallest absolute Gasteiger partial charge is 0.355 e. The highest BCUT2D eigenvalue weighted by atomic mass is 32.1. The Bertz CT molecular complexity index is 1090. The molecule has 0 saturated carbocycles. The van der Waals surface area contributed by atoms with Gasteiger partial charge in [0.25, 0.3) is 0 Å². The number of rotatable bonds is 7. The number of carbonyl (C=O) groups excluding carboxylic acids is 1. The number of amides is 2. The van der Waals surface area contributed by atoms with Crippen LogP contribution in [0.5, 0.6) is 23.0 Å². The molecule has 11 heteroatoms. The van der Waals surface area contributed by atoms with Crippen molar-refractivity contribution in [3.63, 3.8) is 0 Å². The summed E-state index contributed by atoms with van der Waals surface area (Å²) >= 11 is 0.936. The predicted octanol–water partition coefficient (Wildman–Crippen LogP) is 4.43. The largest absolute Gasteiger partial charge is 0.493 e. The van der Waals surface area contributed by atoms with Crippen LogP contribution in [-0.4, -0.2) is 36.3 Å². The number of carboxylic acids is 1.